The highest BCUT2D eigenvalue weighted by atomic mass is 15.0. The van der Waals surface area contributed by atoms with Crippen molar-refractivity contribution in [1.29, 1.82) is 0 Å². The van der Waals surface area contributed by atoms with Crippen LogP contribution in [0.1, 0.15) is 35.4 Å². The number of hydrogen-bond donors (Lipinski definition) is 4. The van der Waals surface area contributed by atoms with Crippen LogP contribution in [0.4, 0.5) is 0 Å². The number of aromatic nitrogens is 5. The fourth-order valence-electron chi connectivity index (χ4n) is 4.38. The molecule has 5 aromatic heterocycles. The maximum atomic E-state index is 3.62. The van der Waals surface area contributed by atoms with Crippen molar-refractivity contribution in [3.05, 3.63) is 123 Å². The summed E-state index contributed by atoms with van der Waals surface area (Å²) in [6.45, 7) is 3.07. The Bertz CT molecular complexity index is 1670. The summed E-state index contributed by atoms with van der Waals surface area (Å²) in [5.41, 5.74) is 6.56. The molecule has 4 N–H and O–H groups in total. The van der Waals surface area contributed by atoms with Crippen LogP contribution in [-0.2, 0) is 6.54 Å². The Morgan fingerprint density at radius 2 is 1.28 bits per heavy atom. The Labute approximate surface area is 184 Å². The number of rotatable bonds is 2. The highest BCUT2D eigenvalue weighted by Crippen LogP contribution is 2.18. The van der Waals surface area contributed by atoms with E-state index >= 15 is 0 Å². The lowest BCUT2D eigenvalue weighted by Crippen LogP contribution is -2.38. The number of pyridine rings is 1. The Balaban J connectivity index is 1.68. The lowest BCUT2D eigenvalue weighted by Gasteiger charge is -2.05. The monoisotopic (exact) mass is 418 g/mol. The van der Waals surface area contributed by atoms with Gasteiger partial charge in [0.05, 0.1) is 16.6 Å². The summed E-state index contributed by atoms with van der Waals surface area (Å²) < 4.78 is 2.27. The van der Waals surface area contributed by atoms with Crippen LogP contribution in [0.2, 0.25) is 0 Å². The van der Waals surface area contributed by atoms with Crippen LogP contribution < -0.4 is 26.0 Å². The molecule has 0 fully saturated rings. The van der Waals surface area contributed by atoms with Gasteiger partial charge in [-0.3, -0.25) is 0 Å². The molecule has 5 aromatic rings. The number of H-pyrrole nitrogens is 4. The Kier molecular flexibility index (Phi) is 4.32. The first-order valence-electron chi connectivity index (χ1n) is 10.9. The van der Waals surface area contributed by atoms with Crippen molar-refractivity contribution in [2.24, 2.45) is 0 Å². The molecule has 8 bridgehead atoms. The predicted molar refractivity (Wildman–Crippen MR) is 126 cm³/mol. The first-order valence-corrected chi connectivity index (χ1v) is 10.9. The second-order valence-corrected chi connectivity index (χ2v) is 8.07. The molecular formula is C27H24N5+. The van der Waals surface area contributed by atoms with Crippen molar-refractivity contribution >= 4 is 23.8 Å². The van der Waals surface area contributed by atoms with E-state index in [0.29, 0.717) is 0 Å². The van der Waals surface area contributed by atoms with Gasteiger partial charge < -0.3 is 19.9 Å². The van der Waals surface area contributed by atoms with Crippen LogP contribution in [0.5, 0.6) is 0 Å². The third-order valence-electron chi connectivity index (χ3n) is 5.89. The molecule has 0 unspecified atom stereocenters. The molecular weight excluding hydrogens is 394 g/mol. The minimum Gasteiger partial charge on any atom is -0.355 e. The Morgan fingerprint density at radius 1 is 0.625 bits per heavy atom. The van der Waals surface area contributed by atoms with Gasteiger partial charge in [0.1, 0.15) is 6.54 Å². The second kappa shape index (κ2) is 7.46. The van der Waals surface area contributed by atoms with E-state index in [1.165, 1.54) is 0 Å². The molecule has 32 heavy (non-hydrogen) atoms. The van der Waals surface area contributed by atoms with Gasteiger partial charge in [-0.1, -0.05) is 0 Å². The first kappa shape index (κ1) is 18.5. The average Bonchev–Trinajstić information content (AvgIpc) is 3.60. The van der Waals surface area contributed by atoms with Gasteiger partial charge in [0.2, 0.25) is 5.69 Å². The minimum absolute atomic E-state index is 0.895. The third kappa shape index (κ3) is 3.34. The molecule has 0 atom stereocenters. The summed E-state index contributed by atoms with van der Waals surface area (Å²) in [6, 6.07) is 23.3. The number of nitrogens with zero attached hydrogens (tertiary/aromatic N) is 1. The molecule has 0 aliphatic carbocycles. The SMILES string of the molecule is CC[n+]1ccccc1C1=c2ccc([nH]2)=Cc2ccc([nH]2)C=c2ccc([nH]2)=Cc2ccc1[nH]2. The summed E-state index contributed by atoms with van der Waals surface area (Å²) in [6.07, 6.45) is 8.52. The average molecular weight is 419 g/mol. The van der Waals surface area contributed by atoms with E-state index in [-0.39, 0.29) is 0 Å². The highest BCUT2D eigenvalue weighted by molar-refractivity contribution is 5.74. The van der Waals surface area contributed by atoms with Crippen molar-refractivity contribution in [3.8, 4) is 0 Å². The van der Waals surface area contributed by atoms with Crippen LogP contribution in [0, 0.1) is 0 Å². The number of aromatic amines is 4. The van der Waals surface area contributed by atoms with Crippen molar-refractivity contribution < 1.29 is 4.57 Å². The smallest absolute Gasteiger partial charge is 0.216 e. The van der Waals surface area contributed by atoms with E-state index < -0.39 is 0 Å². The Morgan fingerprint density at radius 3 is 2.03 bits per heavy atom. The highest BCUT2D eigenvalue weighted by Gasteiger charge is 2.18. The molecule has 1 aliphatic rings. The van der Waals surface area contributed by atoms with Gasteiger partial charge in [0, 0.05) is 45.3 Å². The molecule has 0 amide bonds. The first-order chi connectivity index (χ1) is 15.7. The number of nitrogens with one attached hydrogen (secondary N) is 4. The predicted octanol–water partition coefficient (Wildman–Crippen LogP) is 1.35. The molecule has 6 rings (SSSR count). The van der Waals surface area contributed by atoms with Crippen molar-refractivity contribution in [2.45, 2.75) is 13.5 Å². The number of hydrogen-bond acceptors (Lipinski definition) is 0. The summed E-state index contributed by atoms with van der Waals surface area (Å²) >= 11 is 0. The van der Waals surface area contributed by atoms with Crippen LogP contribution in [0.15, 0.2) is 72.9 Å². The Hall–Kier alpha value is -4.25. The van der Waals surface area contributed by atoms with Gasteiger partial charge in [-0.2, -0.15) is 4.57 Å². The van der Waals surface area contributed by atoms with E-state index in [1.54, 1.807) is 0 Å². The topological polar surface area (TPSA) is 67.0 Å². The minimum atomic E-state index is 0.895. The zero-order valence-electron chi connectivity index (χ0n) is 17.8. The summed E-state index contributed by atoms with van der Waals surface area (Å²) in [7, 11) is 0. The number of fused-ring (bicyclic) bond motifs is 8. The van der Waals surface area contributed by atoms with Gasteiger partial charge in [0.15, 0.2) is 6.20 Å². The molecule has 0 saturated carbocycles. The van der Waals surface area contributed by atoms with Crippen molar-refractivity contribution in [2.75, 3.05) is 0 Å². The van der Waals surface area contributed by atoms with Crippen LogP contribution in [-0.4, -0.2) is 19.9 Å². The molecule has 1 aliphatic heterocycles. The summed E-state index contributed by atoms with van der Waals surface area (Å²) in [5.74, 6) is 0. The zero-order valence-corrected chi connectivity index (χ0v) is 17.8. The molecule has 0 saturated heterocycles. The maximum absolute atomic E-state index is 3.62. The quantitative estimate of drug-likeness (QED) is 0.307. The number of aryl methyl sites for hydroxylation is 1. The summed E-state index contributed by atoms with van der Waals surface area (Å²) in [5, 5.41) is 4.25. The fourth-order valence-corrected chi connectivity index (χ4v) is 4.38. The molecule has 156 valence electrons. The normalized spacial score (nSPS) is 12.7. The maximum Gasteiger partial charge on any atom is 0.216 e. The van der Waals surface area contributed by atoms with Gasteiger partial charge in [0.25, 0.3) is 0 Å². The van der Waals surface area contributed by atoms with Gasteiger partial charge in [-0.15, -0.1) is 0 Å². The molecule has 0 radical (unpaired) electrons. The van der Waals surface area contributed by atoms with Crippen LogP contribution >= 0.6 is 0 Å². The fraction of sp³-hybridized carbons (Fsp3) is 0.0741. The van der Waals surface area contributed by atoms with Crippen LogP contribution in [0.25, 0.3) is 23.8 Å². The zero-order chi connectivity index (χ0) is 21.5. The van der Waals surface area contributed by atoms with Crippen molar-refractivity contribution in [1.82, 2.24) is 19.9 Å². The molecule has 0 spiro atoms. The summed E-state index contributed by atoms with van der Waals surface area (Å²) in [4.78, 5) is 14.2. The second-order valence-electron chi connectivity index (χ2n) is 8.07. The standard InChI is InChI=1S/C27H23N5/c1-2-32-14-4-3-5-26(32)27-24-12-10-22(30-24)16-20-8-6-18(28-20)15-19-7-9-21(29-19)17-23-11-13-25(27)31-23/h3-17H,2H2,1H3,(H3,28,29,30,31)/p+1. The molecule has 0 aromatic carbocycles. The van der Waals surface area contributed by atoms with E-state index in [9.17, 15) is 0 Å². The van der Waals surface area contributed by atoms with E-state index in [0.717, 1.165) is 62.0 Å². The van der Waals surface area contributed by atoms with Gasteiger partial charge in [-0.25, -0.2) is 0 Å². The lowest BCUT2D eigenvalue weighted by atomic mass is 10.1. The largest absolute Gasteiger partial charge is 0.355 e. The molecule has 6 heterocycles. The molecule has 5 heteroatoms. The van der Waals surface area contributed by atoms with E-state index in [1.807, 2.05) is 0 Å². The molecule has 5 nitrogen and oxygen atoms in total. The van der Waals surface area contributed by atoms with Crippen LogP contribution in [0.3, 0.4) is 0 Å². The third-order valence-corrected chi connectivity index (χ3v) is 5.89. The van der Waals surface area contributed by atoms with E-state index in [2.05, 4.69) is 123 Å². The van der Waals surface area contributed by atoms with Gasteiger partial charge in [-0.05, 0) is 79.7 Å². The lowest BCUT2D eigenvalue weighted by molar-refractivity contribution is -0.695. The van der Waals surface area contributed by atoms with Gasteiger partial charge >= 0.3 is 0 Å². The van der Waals surface area contributed by atoms with Crippen molar-refractivity contribution in [3.63, 3.8) is 0 Å². The van der Waals surface area contributed by atoms with E-state index in [4.69, 9.17) is 0 Å².